The van der Waals surface area contributed by atoms with Crippen LogP contribution in [0.4, 0.5) is 11.4 Å². The van der Waals surface area contributed by atoms with Crippen LogP contribution in [0, 0.1) is 34.5 Å². The van der Waals surface area contributed by atoms with Gasteiger partial charge in [0.25, 0.3) is 0 Å². The number of nitrogens with one attached hydrogen (secondary N) is 1. The summed E-state index contributed by atoms with van der Waals surface area (Å²) in [5.41, 5.74) is 4.11. The number of benzene rings is 1. The molecule has 0 amide bonds. The van der Waals surface area contributed by atoms with Crippen molar-refractivity contribution < 1.29 is 0 Å². The van der Waals surface area contributed by atoms with Crippen LogP contribution in [0.15, 0.2) is 23.3 Å². The van der Waals surface area contributed by atoms with E-state index in [0.29, 0.717) is 22.5 Å². The van der Waals surface area contributed by atoms with Gasteiger partial charge in [0.1, 0.15) is 12.1 Å². The van der Waals surface area contributed by atoms with Gasteiger partial charge in [-0.3, -0.25) is 5.43 Å². The molecule has 114 valence electrons. The van der Waals surface area contributed by atoms with Gasteiger partial charge in [0.05, 0.1) is 16.4 Å². The molecule has 0 aromatic heterocycles. The Balaban J connectivity index is 2.15. The molecule has 2 unspecified atom stereocenters. The van der Waals surface area contributed by atoms with Crippen LogP contribution in [0.25, 0.3) is 0 Å². The molecule has 1 fully saturated rings. The summed E-state index contributed by atoms with van der Waals surface area (Å²) < 4.78 is 0. The molecule has 2 atom stereocenters. The number of hydrogen-bond acceptors (Lipinski definition) is 5. The molecule has 1 N–H and O–H groups in total. The molecule has 0 saturated carbocycles. The minimum absolute atomic E-state index is 0.223. The normalized spacial score (nSPS) is 20.7. The summed E-state index contributed by atoms with van der Waals surface area (Å²) in [6.07, 6.45) is 1.24. The zero-order valence-corrected chi connectivity index (χ0v) is 13.4. The standard InChI is InChI=1S/C16H18ClN5/c1-11-5-12(2)10-22(9-11)16-4-3-13(6-15(16)17)20-21-14(7-18)8-19/h3-4,6,11-12,20H,5,9-10H2,1-2H3. The van der Waals surface area contributed by atoms with E-state index in [-0.39, 0.29) is 5.71 Å². The average Bonchev–Trinajstić information content (AvgIpc) is 2.47. The first kappa shape index (κ1) is 16.1. The highest BCUT2D eigenvalue weighted by Gasteiger charge is 2.23. The van der Waals surface area contributed by atoms with E-state index in [1.807, 2.05) is 12.1 Å². The lowest BCUT2D eigenvalue weighted by Gasteiger charge is -2.37. The first-order chi connectivity index (χ1) is 10.5. The van der Waals surface area contributed by atoms with Crippen LogP contribution in [0.2, 0.25) is 5.02 Å². The molecule has 0 bridgehead atoms. The van der Waals surface area contributed by atoms with Crippen molar-refractivity contribution in [2.24, 2.45) is 16.9 Å². The lowest BCUT2D eigenvalue weighted by molar-refractivity contribution is 0.357. The van der Waals surface area contributed by atoms with Gasteiger partial charge in [0.15, 0.2) is 0 Å². The van der Waals surface area contributed by atoms with Crippen LogP contribution in [0.5, 0.6) is 0 Å². The van der Waals surface area contributed by atoms with E-state index in [9.17, 15) is 0 Å². The highest BCUT2D eigenvalue weighted by atomic mass is 35.5. The van der Waals surface area contributed by atoms with Crippen molar-refractivity contribution in [3.05, 3.63) is 23.2 Å². The maximum Gasteiger partial charge on any atom is 0.237 e. The molecule has 6 heteroatoms. The second-order valence-corrected chi connectivity index (χ2v) is 6.22. The minimum atomic E-state index is -0.223. The second kappa shape index (κ2) is 7.15. The number of hydrogen-bond donors (Lipinski definition) is 1. The Morgan fingerprint density at radius 3 is 2.45 bits per heavy atom. The molecular formula is C16H18ClN5. The third-order valence-corrected chi connectivity index (χ3v) is 3.97. The maximum atomic E-state index is 8.65. The first-order valence-corrected chi connectivity index (χ1v) is 7.59. The summed E-state index contributed by atoms with van der Waals surface area (Å²) in [4.78, 5) is 2.31. The lowest BCUT2D eigenvalue weighted by atomic mass is 9.91. The molecule has 5 nitrogen and oxygen atoms in total. The van der Waals surface area contributed by atoms with Crippen LogP contribution in [0.1, 0.15) is 20.3 Å². The largest absolute Gasteiger partial charge is 0.370 e. The topological polar surface area (TPSA) is 75.2 Å². The monoisotopic (exact) mass is 315 g/mol. The predicted octanol–water partition coefficient (Wildman–Crippen LogP) is 3.64. The molecule has 1 aliphatic rings. The number of piperidine rings is 1. The third kappa shape index (κ3) is 3.90. The van der Waals surface area contributed by atoms with Crippen molar-refractivity contribution in [1.29, 1.82) is 10.5 Å². The quantitative estimate of drug-likeness (QED) is 0.682. The van der Waals surface area contributed by atoms with Gasteiger partial charge >= 0.3 is 0 Å². The van der Waals surface area contributed by atoms with E-state index in [0.717, 1.165) is 18.8 Å². The van der Waals surface area contributed by atoms with Crippen molar-refractivity contribution in [2.75, 3.05) is 23.4 Å². The van der Waals surface area contributed by atoms with Crippen molar-refractivity contribution in [3.8, 4) is 12.1 Å². The number of nitrogens with zero attached hydrogens (tertiary/aromatic N) is 4. The van der Waals surface area contributed by atoms with Gasteiger partial charge in [-0.25, -0.2) is 0 Å². The second-order valence-electron chi connectivity index (χ2n) is 5.81. The van der Waals surface area contributed by atoms with Crippen molar-refractivity contribution in [3.63, 3.8) is 0 Å². The number of anilines is 2. The number of rotatable bonds is 3. The summed E-state index contributed by atoms with van der Waals surface area (Å²) in [7, 11) is 0. The summed E-state index contributed by atoms with van der Waals surface area (Å²) in [6, 6.07) is 8.95. The molecule has 0 aliphatic carbocycles. The zero-order chi connectivity index (χ0) is 16.1. The fourth-order valence-electron chi connectivity index (χ4n) is 2.89. The van der Waals surface area contributed by atoms with Crippen molar-refractivity contribution in [1.82, 2.24) is 0 Å². The minimum Gasteiger partial charge on any atom is -0.370 e. The molecule has 1 aromatic rings. The molecule has 22 heavy (non-hydrogen) atoms. The Morgan fingerprint density at radius 1 is 1.27 bits per heavy atom. The van der Waals surface area contributed by atoms with Crippen molar-refractivity contribution in [2.45, 2.75) is 20.3 Å². The van der Waals surface area contributed by atoms with Crippen LogP contribution in [0.3, 0.4) is 0 Å². The highest BCUT2D eigenvalue weighted by molar-refractivity contribution is 6.33. The molecule has 1 aromatic carbocycles. The Labute approximate surface area is 135 Å². The van der Waals surface area contributed by atoms with Crippen LogP contribution >= 0.6 is 11.6 Å². The smallest absolute Gasteiger partial charge is 0.237 e. The van der Waals surface area contributed by atoms with E-state index >= 15 is 0 Å². The molecule has 1 heterocycles. The van der Waals surface area contributed by atoms with E-state index in [1.54, 1.807) is 18.2 Å². The summed E-state index contributed by atoms with van der Waals surface area (Å²) >= 11 is 6.38. The van der Waals surface area contributed by atoms with Crippen LogP contribution in [-0.2, 0) is 0 Å². The van der Waals surface area contributed by atoms with Gasteiger partial charge in [-0.05, 0) is 36.5 Å². The maximum absolute atomic E-state index is 8.65. The molecule has 2 rings (SSSR count). The zero-order valence-electron chi connectivity index (χ0n) is 12.7. The number of hydrazone groups is 1. The number of halogens is 1. The Morgan fingerprint density at radius 2 is 1.91 bits per heavy atom. The predicted molar refractivity (Wildman–Crippen MR) is 88.9 cm³/mol. The molecule has 0 spiro atoms. The third-order valence-electron chi connectivity index (χ3n) is 3.67. The van der Waals surface area contributed by atoms with Gasteiger partial charge < -0.3 is 4.90 Å². The molecule has 0 radical (unpaired) electrons. The fourth-order valence-corrected chi connectivity index (χ4v) is 3.19. The summed E-state index contributed by atoms with van der Waals surface area (Å²) in [5.74, 6) is 1.30. The van der Waals surface area contributed by atoms with Gasteiger partial charge in [0.2, 0.25) is 5.71 Å². The van der Waals surface area contributed by atoms with E-state index in [1.165, 1.54) is 6.42 Å². The van der Waals surface area contributed by atoms with Crippen molar-refractivity contribution >= 4 is 28.7 Å². The number of nitriles is 2. The van der Waals surface area contributed by atoms with Gasteiger partial charge in [-0.15, -0.1) is 0 Å². The van der Waals surface area contributed by atoms with Crippen LogP contribution in [-0.4, -0.2) is 18.8 Å². The van der Waals surface area contributed by atoms with Gasteiger partial charge in [-0.2, -0.15) is 15.6 Å². The average molecular weight is 316 g/mol. The van der Waals surface area contributed by atoms with E-state index < -0.39 is 0 Å². The highest BCUT2D eigenvalue weighted by Crippen LogP contribution is 2.33. The van der Waals surface area contributed by atoms with Gasteiger partial charge in [0, 0.05) is 13.1 Å². The molecule has 1 saturated heterocycles. The Hall–Kier alpha value is -2.24. The summed E-state index contributed by atoms with van der Waals surface area (Å²) in [5, 5.41) is 21.6. The Kier molecular flexibility index (Phi) is 5.25. The van der Waals surface area contributed by atoms with Crippen LogP contribution < -0.4 is 10.3 Å². The van der Waals surface area contributed by atoms with E-state index in [2.05, 4.69) is 29.3 Å². The fraction of sp³-hybridized carbons (Fsp3) is 0.438. The SMILES string of the molecule is CC1CC(C)CN(c2ccc(NN=C(C#N)C#N)cc2Cl)C1. The first-order valence-electron chi connectivity index (χ1n) is 7.22. The summed E-state index contributed by atoms with van der Waals surface area (Å²) in [6.45, 7) is 6.52. The lowest BCUT2D eigenvalue weighted by Crippen LogP contribution is -2.38. The molecule has 1 aliphatic heterocycles. The Bertz CT molecular complexity index is 629. The van der Waals surface area contributed by atoms with E-state index in [4.69, 9.17) is 22.1 Å². The van der Waals surface area contributed by atoms with Gasteiger partial charge in [-0.1, -0.05) is 25.4 Å². The molecular weight excluding hydrogens is 298 g/mol.